The lowest BCUT2D eigenvalue weighted by Gasteiger charge is -2.40. The van der Waals surface area contributed by atoms with E-state index in [0.717, 1.165) is 17.4 Å². The van der Waals surface area contributed by atoms with Crippen molar-refractivity contribution in [1.29, 1.82) is 0 Å². The van der Waals surface area contributed by atoms with Crippen LogP contribution in [0.25, 0.3) is 0 Å². The second kappa shape index (κ2) is 6.70. The van der Waals surface area contributed by atoms with Gasteiger partial charge in [-0.15, -0.1) is 0 Å². The summed E-state index contributed by atoms with van der Waals surface area (Å²) in [5.41, 5.74) is -5.22. The number of nitrogens with one attached hydrogen (secondary N) is 1. The fourth-order valence-corrected chi connectivity index (χ4v) is 2.10. The van der Waals surface area contributed by atoms with Crippen molar-refractivity contribution < 1.29 is 40.7 Å². The molecule has 0 aliphatic heterocycles. The van der Waals surface area contributed by atoms with Crippen LogP contribution in [0.15, 0.2) is 30.3 Å². The number of carbonyl (C=O) groups is 2. The molecule has 0 radical (unpaired) electrons. The van der Waals surface area contributed by atoms with Crippen molar-refractivity contribution in [1.82, 2.24) is 5.32 Å². The van der Waals surface area contributed by atoms with Crippen LogP contribution in [0.3, 0.4) is 0 Å². The number of halogens is 6. The number of hydrogen-bond donors (Lipinski definition) is 1. The van der Waals surface area contributed by atoms with Crippen LogP contribution in [0.2, 0.25) is 0 Å². The third-order valence-corrected chi connectivity index (χ3v) is 3.45. The summed E-state index contributed by atoms with van der Waals surface area (Å²) in [6, 6.07) is 6.03. The summed E-state index contributed by atoms with van der Waals surface area (Å²) < 4.78 is 84.1. The third-order valence-electron chi connectivity index (χ3n) is 3.45. The van der Waals surface area contributed by atoms with Gasteiger partial charge in [0.2, 0.25) is 5.54 Å². The Hall–Kier alpha value is -2.26. The lowest BCUT2D eigenvalue weighted by Crippen LogP contribution is -2.72. The Bertz CT molecular complexity index is 583. The first-order chi connectivity index (χ1) is 10.9. The Balaban J connectivity index is 3.47. The molecule has 1 rings (SSSR count). The fourth-order valence-electron chi connectivity index (χ4n) is 2.10. The number of carbonyl (C=O) groups excluding carboxylic acids is 2. The van der Waals surface area contributed by atoms with Crippen LogP contribution in [0.5, 0.6) is 0 Å². The number of rotatable bonds is 4. The van der Waals surface area contributed by atoms with Crippen LogP contribution < -0.4 is 5.32 Å². The number of benzene rings is 1. The molecule has 1 N–H and O–H groups in total. The third kappa shape index (κ3) is 3.46. The molecule has 24 heavy (non-hydrogen) atoms. The minimum absolute atomic E-state index is 0.387. The van der Waals surface area contributed by atoms with Crippen molar-refractivity contribution in [3.63, 3.8) is 0 Å². The van der Waals surface area contributed by atoms with E-state index < -0.39 is 41.2 Å². The molecule has 0 saturated heterocycles. The molecule has 1 amide bonds. The Morgan fingerprint density at radius 1 is 1.00 bits per heavy atom. The molecule has 0 aromatic heterocycles. The van der Waals surface area contributed by atoms with Gasteiger partial charge < -0.3 is 10.1 Å². The second-order valence-electron chi connectivity index (χ2n) is 4.87. The van der Waals surface area contributed by atoms with Crippen LogP contribution in [-0.2, 0) is 9.53 Å². The number of methoxy groups -OCH3 is 1. The average Bonchev–Trinajstić information content (AvgIpc) is 2.49. The van der Waals surface area contributed by atoms with E-state index in [0.29, 0.717) is 14.0 Å². The number of alkyl halides is 6. The van der Waals surface area contributed by atoms with E-state index in [4.69, 9.17) is 0 Å². The van der Waals surface area contributed by atoms with Crippen LogP contribution in [0.1, 0.15) is 17.3 Å². The van der Waals surface area contributed by atoms with Crippen molar-refractivity contribution in [2.75, 3.05) is 7.11 Å². The molecule has 10 heteroatoms. The number of ether oxygens (including phenoxy) is 1. The summed E-state index contributed by atoms with van der Waals surface area (Å²) >= 11 is 0. The van der Waals surface area contributed by atoms with Gasteiger partial charge >= 0.3 is 18.3 Å². The molecule has 1 aromatic rings. The van der Waals surface area contributed by atoms with E-state index in [1.54, 1.807) is 0 Å². The predicted octanol–water partition coefficient (Wildman–Crippen LogP) is 3.09. The second-order valence-corrected chi connectivity index (χ2v) is 4.87. The maximum Gasteiger partial charge on any atom is 0.421 e. The van der Waals surface area contributed by atoms with Crippen molar-refractivity contribution in [3.05, 3.63) is 35.9 Å². The zero-order valence-corrected chi connectivity index (χ0v) is 12.5. The summed E-state index contributed by atoms with van der Waals surface area (Å²) in [6.45, 7) is 0.387. The fraction of sp³-hybridized carbons (Fsp3) is 0.429. The molecular formula is C14H13F6NO3. The van der Waals surface area contributed by atoms with Gasteiger partial charge in [0.25, 0.3) is 5.91 Å². The molecule has 134 valence electrons. The topological polar surface area (TPSA) is 55.4 Å². The van der Waals surface area contributed by atoms with E-state index in [9.17, 15) is 35.9 Å². The van der Waals surface area contributed by atoms with Gasteiger partial charge in [0.1, 0.15) is 0 Å². The minimum Gasteiger partial charge on any atom is -0.469 e. The lowest BCUT2D eigenvalue weighted by molar-refractivity contribution is -0.316. The maximum atomic E-state index is 13.4. The molecule has 0 fully saturated rings. The SMILES string of the molecule is COC(=O)C(C)C(NC(=O)c1ccccc1)(C(F)(F)F)C(F)(F)F. The summed E-state index contributed by atoms with van der Waals surface area (Å²) in [5.74, 6) is -6.14. The molecule has 1 aromatic carbocycles. The predicted molar refractivity (Wildman–Crippen MR) is 69.9 cm³/mol. The monoisotopic (exact) mass is 357 g/mol. The van der Waals surface area contributed by atoms with Gasteiger partial charge in [-0.05, 0) is 19.1 Å². The molecule has 0 spiro atoms. The van der Waals surface area contributed by atoms with E-state index in [2.05, 4.69) is 4.74 Å². The largest absolute Gasteiger partial charge is 0.469 e. The maximum absolute atomic E-state index is 13.4. The quantitative estimate of drug-likeness (QED) is 0.666. The Labute approximate surface area is 132 Å². The van der Waals surface area contributed by atoms with Crippen LogP contribution in [0.4, 0.5) is 26.3 Å². The van der Waals surface area contributed by atoms with Gasteiger partial charge in [-0.3, -0.25) is 9.59 Å². The van der Waals surface area contributed by atoms with E-state index in [1.165, 1.54) is 18.2 Å². The number of esters is 1. The Kier molecular flexibility index (Phi) is 5.52. The summed E-state index contributed by atoms with van der Waals surface area (Å²) in [4.78, 5) is 23.3. The van der Waals surface area contributed by atoms with Crippen molar-refractivity contribution in [3.8, 4) is 0 Å². The summed E-state index contributed by atoms with van der Waals surface area (Å²) in [6.07, 6.45) is -12.0. The molecule has 0 aliphatic carbocycles. The zero-order chi connectivity index (χ0) is 18.8. The van der Waals surface area contributed by atoms with Crippen LogP contribution in [-0.4, -0.2) is 36.9 Å². The van der Waals surface area contributed by atoms with Gasteiger partial charge in [-0.1, -0.05) is 18.2 Å². The standard InChI is InChI=1S/C14H13F6NO3/c1-8(11(23)24-2)12(13(15,16)17,14(18,19)20)21-10(22)9-6-4-3-5-7-9/h3-8H,1-2H3,(H,21,22). The van der Waals surface area contributed by atoms with Gasteiger partial charge in [0, 0.05) is 5.56 Å². The molecule has 0 heterocycles. The molecular weight excluding hydrogens is 344 g/mol. The molecule has 4 nitrogen and oxygen atoms in total. The van der Waals surface area contributed by atoms with Crippen molar-refractivity contribution in [2.24, 2.45) is 5.92 Å². The molecule has 1 unspecified atom stereocenters. The molecule has 0 bridgehead atoms. The minimum atomic E-state index is -6.00. The van der Waals surface area contributed by atoms with Crippen LogP contribution >= 0.6 is 0 Å². The van der Waals surface area contributed by atoms with Crippen molar-refractivity contribution >= 4 is 11.9 Å². The summed E-state index contributed by atoms with van der Waals surface area (Å²) in [5, 5.41) is 0.952. The molecule has 0 saturated carbocycles. The molecule has 0 aliphatic rings. The van der Waals surface area contributed by atoms with E-state index in [-0.39, 0.29) is 0 Å². The Morgan fingerprint density at radius 3 is 1.83 bits per heavy atom. The summed E-state index contributed by atoms with van der Waals surface area (Å²) in [7, 11) is 0.648. The average molecular weight is 357 g/mol. The molecule has 1 atom stereocenters. The van der Waals surface area contributed by atoms with Crippen molar-refractivity contribution in [2.45, 2.75) is 24.8 Å². The van der Waals surface area contributed by atoms with Gasteiger partial charge in [0.05, 0.1) is 13.0 Å². The van der Waals surface area contributed by atoms with E-state index in [1.807, 2.05) is 0 Å². The highest BCUT2D eigenvalue weighted by atomic mass is 19.4. The van der Waals surface area contributed by atoms with E-state index >= 15 is 0 Å². The smallest absolute Gasteiger partial charge is 0.421 e. The first-order valence-corrected chi connectivity index (χ1v) is 6.47. The highest BCUT2D eigenvalue weighted by Gasteiger charge is 2.75. The van der Waals surface area contributed by atoms with Gasteiger partial charge in [0.15, 0.2) is 0 Å². The van der Waals surface area contributed by atoms with Crippen LogP contribution in [0, 0.1) is 5.92 Å². The van der Waals surface area contributed by atoms with Gasteiger partial charge in [-0.25, -0.2) is 0 Å². The number of amides is 1. The lowest BCUT2D eigenvalue weighted by atomic mass is 9.82. The number of hydrogen-bond acceptors (Lipinski definition) is 3. The highest BCUT2D eigenvalue weighted by molar-refractivity contribution is 5.95. The Morgan fingerprint density at radius 2 is 1.46 bits per heavy atom. The normalized spacial score (nSPS) is 14.0. The highest BCUT2D eigenvalue weighted by Crippen LogP contribution is 2.48. The first kappa shape index (κ1) is 19.8. The first-order valence-electron chi connectivity index (χ1n) is 6.47. The zero-order valence-electron chi connectivity index (χ0n) is 12.5. The van der Waals surface area contributed by atoms with Gasteiger partial charge in [-0.2, -0.15) is 26.3 Å².